The minimum absolute atomic E-state index is 0. The van der Waals surface area contributed by atoms with Gasteiger partial charge >= 0.3 is 0 Å². The van der Waals surface area contributed by atoms with E-state index in [1.165, 1.54) is 18.4 Å². The zero-order valence-corrected chi connectivity index (χ0v) is 12.1. The third-order valence-corrected chi connectivity index (χ3v) is 4.34. The molecule has 4 rings (SSSR count). The highest BCUT2D eigenvalue weighted by Gasteiger charge is 2.28. The van der Waals surface area contributed by atoms with Crippen molar-refractivity contribution in [1.29, 1.82) is 0 Å². The van der Waals surface area contributed by atoms with Crippen molar-refractivity contribution in [2.75, 3.05) is 13.1 Å². The maximum Gasteiger partial charge on any atom is 0.251 e. The van der Waals surface area contributed by atoms with Crippen molar-refractivity contribution < 1.29 is 0 Å². The van der Waals surface area contributed by atoms with Gasteiger partial charge in [0.2, 0.25) is 0 Å². The van der Waals surface area contributed by atoms with Gasteiger partial charge in [-0.05, 0) is 44.7 Å². The number of aromatic nitrogens is 3. The summed E-state index contributed by atoms with van der Waals surface area (Å²) in [6.45, 7) is 2.05. The van der Waals surface area contributed by atoms with Crippen LogP contribution in [0, 0.1) is 0 Å². The summed E-state index contributed by atoms with van der Waals surface area (Å²) >= 11 is 0. The normalized spacial score (nSPS) is 20.0. The molecule has 108 valence electrons. The lowest BCUT2D eigenvalue weighted by Crippen LogP contribution is -2.28. The van der Waals surface area contributed by atoms with Crippen molar-refractivity contribution in [3.8, 4) is 0 Å². The molecule has 2 aromatic rings. The molecular weight excluding hydrogens is 276 g/mol. The number of hydrogen-bond donors (Lipinski definition) is 2. The van der Waals surface area contributed by atoms with E-state index in [9.17, 15) is 4.79 Å². The van der Waals surface area contributed by atoms with Crippen LogP contribution in [0.3, 0.4) is 0 Å². The Hall–Kier alpha value is -1.33. The average molecular weight is 295 g/mol. The number of fused-ring (bicyclic) bond motifs is 1. The number of aromatic amines is 1. The number of halogens is 1. The van der Waals surface area contributed by atoms with Gasteiger partial charge in [-0.1, -0.05) is 0 Å². The van der Waals surface area contributed by atoms with Gasteiger partial charge in [0.25, 0.3) is 5.56 Å². The fourth-order valence-corrected chi connectivity index (χ4v) is 3.13. The summed E-state index contributed by atoms with van der Waals surface area (Å²) in [6, 6.07) is 1.73. The molecule has 0 bridgehead atoms. The number of rotatable bonds is 2. The Morgan fingerprint density at radius 3 is 2.60 bits per heavy atom. The van der Waals surface area contributed by atoms with Crippen LogP contribution in [0.2, 0.25) is 0 Å². The molecule has 0 atom stereocenters. The van der Waals surface area contributed by atoms with Gasteiger partial charge in [-0.3, -0.25) is 4.79 Å². The molecule has 0 aromatic carbocycles. The zero-order chi connectivity index (χ0) is 12.8. The predicted molar refractivity (Wildman–Crippen MR) is 79.9 cm³/mol. The summed E-state index contributed by atoms with van der Waals surface area (Å²) in [5.74, 6) is 1.05. The Bertz CT molecular complexity index is 667. The second-order valence-electron chi connectivity index (χ2n) is 5.72. The van der Waals surface area contributed by atoms with Crippen LogP contribution < -0.4 is 10.9 Å². The molecule has 0 unspecified atom stereocenters. The highest BCUT2D eigenvalue weighted by Crippen LogP contribution is 2.41. The van der Waals surface area contributed by atoms with E-state index in [-0.39, 0.29) is 18.0 Å². The monoisotopic (exact) mass is 294 g/mol. The topological polar surface area (TPSA) is 62.2 Å². The second kappa shape index (κ2) is 5.22. The number of hydrogen-bond acceptors (Lipinski definition) is 3. The van der Waals surface area contributed by atoms with Crippen LogP contribution in [-0.4, -0.2) is 27.7 Å². The second-order valence-corrected chi connectivity index (χ2v) is 5.72. The summed E-state index contributed by atoms with van der Waals surface area (Å²) in [4.78, 5) is 14.9. The van der Waals surface area contributed by atoms with E-state index in [2.05, 4.69) is 15.4 Å². The van der Waals surface area contributed by atoms with Crippen molar-refractivity contribution in [1.82, 2.24) is 19.9 Å². The first-order chi connectivity index (χ1) is 9.33. The lowest BCUT2D eigenvalue weighted by molar-refractivity contribution is 0.446. The lowest BCUT2D eigenvalue weighted by atomic mass is 9.94. The van der Waals surface area contributed by atoms with E-state index >= 15 is 0 Å². The fraction of sp³-hybridized carbons (Fsp3) is 0.571. The van der Waals surface area contributed by atoms with E-state index in [0.717, 1.165) is 37.3 Å². The van der Waals surface area contributed by atoms with E-state index in [0.29, 0.717) is 11.8 Å². The van der Waals surface area contributed by atoms with Crippen LogP contribution in [0.1, 0.15) is 48.8 Å². The summed E-state index contributed by atoms with van der Waals surface area (Å²) < 4.78 is 1.96. The molecule has 5 nitrogen and oxygen atoms in total. The molecule has 1 saturated heterocycles. The molecule has 0 spiro atoms. The number of H-pyrrole nitrogens is 1. The van der Waals surface area contributed by atoms with Crippen molar-refractivity contribution >= 4 is 18.1 Å². The van der Waals surface area contributed by atoms with Crippen LogP contribution in [-0.2, 0) is 0 Å². The summed E-state index contributed by atoms with van der Waals surface area (Å²) in [7, 11) is 0. The SMILES string of the molecule is Cl.O=c1cc(C2CCNCC2)n2ncc(C3CC3)c2[nH]1. The summed E-state index contributed by atoms with van der Waals surface area (Å²) in [5.41, 5.74) is 3.21. The van der Waals surface area contributed by atoms with Crippen LogP contribution in [0.4, 0.5) is 0 Å². The Morgan fingerprint density at radius 2 is 1.90 bits per heavy atom. The van der Waals surface area contributed by atoms with Crippen molar-refractivity contribution in [2.24, 2.45) is 0 Å². The Kier molecular flexibility index (Phi) is 3.56. The number of nitrogens with one attached hydrogen (secondary N) is 2. The molecule has 3 heterocycles. The van der Waals surface area contributed by atoms with E-state index in [1.54, 1.807) is 6.07 Å². The first-order valence-corrected chi connectivity index (χ1v) is 7.14. The molecule has 1 aliphatic heterocycles. The minimum atomic E-state index is 0. The van der Waals surface area contributed by atoms with E-state index in [1.807, 2.05) is 10.7 Å². The van der Waals surface area contributed by atoms with Crippen LogP contribution in [0.5, 0.6) is 0 Å². The maximum absolute atomic E-state index is 11.9. The largest absolute Gasteiger partial charge is 0.317 e. The van der Waals surface area contributed by atoms with Gasteiger partial charge in [0.15, 0.2) is 0 Å². The van der Waals surface area contributed by atoms with Crippen molar-refractivity contribution in [2.45, 2.75) is 37.5 Å². The molecule has 1 aliphatic carbocycles. The molecule has 6 heteroatoms. The molecule has 20 heavy (non-hydrogen) atoms. The first kappa shape index (κ1) is 13.6. The molecule has 2 aromatic heterocycles. The fourth-order valence-electron chi connectivity index (χ4n) is 3.13. The molecule has 1 saturated carbocycles. The Balaban J connectivity index is 0.00000121. The highest BCUT2D eigenvalue weighted by atomic mass is 35.5. The third kappa shape index (κ3) is 2.25. The van der Waals surface area contributed by atoms with E-state index in [4.69, 9.17) is 0 Å². The lowest BCUT2D eigenvalue weighted by Gasteiger charge is -2.23. The third-order valence-electron chi connectivity index (χ3n) is 4.34. The Morgan fingerprint density at radius 1 is 1.15 bits per heavy atom. The standard InChI is InChI=1S/C14H18N4O.ClH/c19-13-7-12(10-3-5-15-6-4-10)18-14(17-13)11(8-16-18)9-1-2-9;/h7-10,15H,1-6H2,(H,17,19);1H. The van der Waals surface area contributed by atoms with Gasteiger partial charge in [0.1, 0.15) is 5.65 Å². The molecule has 2 N–H and O–H groups in total. The van der Waals surface area contributed by atoms with Crippen molar-refractivity contribution in [3.05, 3.63) is 33.9 Å². The van der Waals surface area contributed by atoms with Crippen LogP contribution >= 0.6 is 12.4 Å². The van der Waals surface area contributed by atoms with Gasteiger partial charge in [0, 0.05) is 17.5 Å². The quantitative estimate of drug-likeness (QED) is 0.888. The molecule has 0 amide bonds. The molecular formula is C14H19ClN4O. The van der Waals surface area contributed by atoms with Gasteiger partial charge in [-0.2, -0.15) is 5.10 Å². The maximum atomic E-state index is 11.9. The van der Waals surface area contributed by atoms with Gasteiger partial charge in [-0.25, -0.2) is 4.52 Å². The van der Waals surface area contributed by atoms with Gasteiger partial charge in [0.05, 0.1) is 11.9 Å². The molecule has 2 aliphatic rings. The van der Waals surface area contributed by atoms with Crippen LogP contribution in [0.15, 0.2) is 17.1 Å². The minimum Gasteiger partial charge on any atom is -0.317 e. The molecule has 2 fully saturated rings. The Labute approximate surface area is 123 Å². The number of nitrogens with zero attached hydrogens (tertiary/aromatic N) is 2. The average Bonchev–Trinajstić information content (AvgIpc) is 3.19. The van der Waals surface area contributed by atoms with E-state index < -0.39 is 0 Å². The first-order valence-electron chi connectivity index (χ1n) is 7.14. The van der Waals surface area contributed by atoms with Gasteiger partial charge in [-0.15, -0.1) is 12.4 Å². The smallest absolute Gasteiger partial charge is 0.251 e. The van der Waals surface area contributed by atoms with Gasteiger partial charge < -0.3 is 10.3 Å². The summed E-state index contributed by atoms with van der Waals surface area (Å²) in [6.07, 6.45) is 6.55. The van der Waals surface area contributed by atoms with Crippen LogP contribution in [0.25, 0.3) is 5.65 Å². The predicted octanol–water partition coefficient (Wildman–Crippen LogP) is 1.79. The summed E-state index contributed by atoms with van der Waals surface area (Å²) in [5, 5.41) is 7.89. The number of piperidine rings is 1. The molecule has 0 radical (unpaired) electrons. The zero-order valence-electron chi connectivity index (χ0n) is 11.3. The highest BCUT2D eigenvalue weighted by molar-refractivity contribution is 5.85. The van der Waals surface area contributed by atoms with Crippen molar-refractivity contribution in [3.63, 3.8) is 0 Å².